The fourth-order valence-electron chi connectivity index (χ4n) is 2.22. The van der Waals surface area contributed by atoms with Gasteiger partial charge in [0.2, 0.25) is 0 Å². The molecule has 0 bridgehead atoms. The van der Waals surface area contributed by atoms with Crippen LogP contribution >= 0.6 is 0 Å². The predicted octanol–water partition coefficient (Wildman–Crippen LogP) is 3.12. The van der Waals surface area contributed by atoms with E-state index >= 15 is 0 Å². The maximum atomic E-state index is 12.0. The highest BCUT2D eigenvalue weighted by atomic mass is 16.2. The maximum Gasteiger partial charge on any atom is 0.313 e. The van der Waals surface area contributed by atoms with Crippen LogP contribution in [0, 0.1) is 13.8 Å². The summed E-state index contributed by atoms with van der Waals surface area (Å²) in [5, 5.41) is 5.34. The molecule has 1 unspecified atom stereocenters. The standard InChI is InChI=1S/C18H20N2O2/c1-12-9-10-16(13(2)11-12)20-18(22)17(21)19-14(3)15-7-5-4-6-8-15/h4-11,14H,1-3H3,(H,19,21)(H,20,22). The Morgan fingerprint density at radius 2 is 1.64 bits per heavy atom. The van der Waals surface area contributed by atoms with Gasteiger partial charge in [0.25, 0.3) is 0 Å². The SMILES string of the molecule is Cc1ccc(NC(=O)C(=O)NC(C)c2ccccc2)c(C)c1. The third kappa shape index (κ3) is 3.95. The molecule has 22 heavy (non-hydrogen) atoms. The lowest BCUT2D eigenvalue weighted by molar-refractivity contribution is -0.136. The van der Waals surface area contributed by atoms with Gasteiger partial charge in [-0.3, -0.25) is 9.59 Å². The lowest BCUT2D eigenvalue weighted by Crippen LogP contribution is -2.37. The van der Waals surface area contributed by atoms with E-state index in [1.807, 2.05) is 63.2 Å². The van der Waals surface area contributed by atoms with Gasteiger partial charge in [-0.1, -0.05) is 48.0 Å². The van der Waals surface area contributed by atoms with Crippen molar-refractivity contribution >= 4 is 17.5 Å². The van der Waals surface area contributed by atoms with Crippen LogP contribution in [0.5, 0.6) is 0 Å². The van der Waals surface area contributed by atoms with E-state index in [2.05, 4.69) is 10.6 Å². The Morgan fingerprint density at radius 1 is 0.955 bits per heavy atom. The minimum absolute atomic E-state index is 0.224. The number of benzene rings is 2. The van der Waals surface area contributed by atoms with E-state index in [9.17, 15) is 9.59 Å². The van der Waals surface area contributed by atoms with Crippen LogP contribution < -0.4 is 10.6 Å². The van der Waals surface area contributed by atoms with Crippen molar-refractivity contribution in [1.29, 1.82) is 0 Å². The Balaban J connectivity index is 1.99. The van der Waals surface area contributed by atoms with Gasteiger partial charge in [0.15, 0.2) is 0 Å². The Kier molecular flexibility index (Phi) is 4.94. The van der Waals surface area contributed by atoms with E-state index in [1.165, 1.54) is 0 Å². The highest BCUT2D eigenvalue weighted by Gasteiger charge is 2.17. The van der Waals surface area contributed by atoms with Crippen LogP contribution in [0.1, 0.15) is 29.7 Å². The first-order valence-electron chi connectivity index (χ1n) is 7.21. The van der Waals surface area contributed by atoms with Gasteiger partial charge in [-0.2, -0.15) is 0 Å². The average Bonchev–Trinajstić information content (AvgIpc) is 2.50. The smallest absolute Gasteiger partial charge is 0.313 e. The molecule has 2 aromatic rings. The lowest BCUT2D eigenvalue weighted by Gasteiger charge is -2.14. The number of anilines is 1. The summed E-state index contributed by atoms with van der Waals surface area (Å²) in [6.07, 6.45) is 0. The lowest BCUT2D eigenvalue weighted by atomic mass is 10.1. The third-order valence-corrected chi connectivity index (χ3v) is 3.48. The molecule has 0 heterocycles. The molecule has 0 aliphatic heterocycles. The molecule has 4 heteroatoms. The molecule has 0 radical (unpaired) electrons. The van der Waals surface area contributed by atoms with Crippen LogP contribution in [0.4, 0.5) is 5.69 Å². The first kappa shape index (κ1) is 15.8. The number of aryl methyl sites for hydroxylation is 2. The normalized spacial score (nSPS) is 11.6. The van der Waals surface area contributed by atoms with Gasteiger partial charge in [0.05, 0.1) is 6.04 Å². The number of rotatable bonds is 3. The summed E-state index contributed by atoms with van der Waals surface area (Å²) in [6.45, 7) is 5.72. The summed E-state index contributed by atoms with van der Waals surface area (Å²) < 4.78 is 0. The van der Waals surface area contributed by atoms with E-state index in [4.69, 9.17) is 0 Å². The zero-order valence-corrected chi connectivity index (χ0v) is 13.0. The molecular weight excluding hydrogens is 276 g/mol. The van der Waals surface area contributed by atoms with Gasteiger partial charge >= 0.3 is 11.8 Å². The number of amides is 2. The quantitative estimate of drug-likeness (QED) is 0.855. The molecule has 2 N–H and O–H groups in total. The van der Waals surface area contributed by atoms with Gasteiger partial charge in [-0.15, -0.1) is 0 Å². The van der Waals surface area contributed by atoms with E-state index in [0.29, 0.717) is 5.69 Å². The highest BCUT2D eigenvalue weighted by molar-refractivity contribution is 6.39. The van der Waals surface area contributed by atoms with Crippen LogP contribution in [0.2, 0.25) is 0 Å². The Labute approximate surface area is 130 Å². The Bertz CT molecular complexity index is 681. The van der Waals surface area contributed by atoms with Crippen molar-refractivity contribution in [2.45, 2.75) is 26.8 Å². The molecule has 0 spiro atoms. The van der Waals surface area contributed by atoms with Crippen molar-refractivity contribution in [3.8, 4) is 0 Å². The van der Waals surface area contributed by atoms with Crippen molar-refractivity contribution in [3.63, 3.8) is 0 Å². The molecular formula is C18H20N2O2. The predicted molar refractivity (Wildman–Crippen MR) is 87.5 cm³/mol. The highest BCUT2D eigenvalue weighted by Crippen LogP contribution is 2.16. The van der Waals surface area contributed by atoms with Crippen LogP contribution in [0.25, 0.3) is 0 Å². The molecule has 114 valence electrons. The van der Waals surface area contributed by atoms with E-state index in [1.54, 1.807) is 6.07 Å². The monoisotopic (exact) mass is 296 g/mol. The summed E-state index contributed by atoms with van der Waals surface area (Å²) in [5.41, 5.74) is 3.64. The largest absolute Gasteiger partial charge is 0.341 e. The zero-order chi connectivity index (χ0) is 16.1. The first-order chi connectivity index (χ1) is 10.5. The van der Waals surface area contributed by atoms with Gasteiger partial charge in [0, 0.05) is 5.69 Å². The summed E-state index contributed by atoms with van der Waals surface area (Å²) in [6, 6.07) is 15.0. The van der Waals surface area contributed by atoms with Gasteiger partial charge < -0.3 is 10.6 Å². The molecule has 4 nitrogen and oxygen atoms in total. The number of nitrogens with one attached hydrogen (secondary N) is 2. The van der Waals surface area contributed by atoms with Gasteiger partial charge in [0.1, 0.15) is 0 Å². The maximum absolute atomic E-state index is 12.0. The second-order valence-corrected chi connectivity index (χ2v) is 5.38. The van der Waals surface area contributed by atoms with E-state index in [0.717, 1.165) is 16.7 Å². The topological polar surface area (TPSA) is 58.2 Å². The average molecular weight is 296 g/mol. The number of hydrogen-bond acceptors (Lipinski definition) is 2. The molecule has 2 aromatic carbocycles. The van der Waals surface area contributed by atoms with Crippen LogP contribution in [0.3, 0.4) is 0 Å². The molecule has 2 rings (SSSR count). The fourth-order valence-corrected chi connectivity index (χ4v) is 2.22. The van der Waals surface area contributed by atoms with Crippen molar-refractivity contribution in [2.75, 3.05) is 5.32 Å². The molecule has 0 saturated heterocycles. The number of carbonyl (C=O) groups is 2. The minimum Gasteiger partial charge on any atom is -0.341 e. The van der Waals surface area contributed by atoms with Gasteiger partial charge in [-0.25, -0.2) is 0 Å². The Morgan fingerprint density at radius 3 is 2.27 bits per heavy atom. The van der Waals surface area contributed by atoms with Crippen molar-refractivity contribution in [1.82, 2.24) is 5.32 Å². The third-order valence-electron chi connectivity index (χ3n) is 3.48. The minimum atomic E-state index is -0.658. The van der Waals surface area contributed by atoms with Gasteiger partial charge in [-0.05, 0) is 38.0 Å². The second-order valence-electron chi connectivity index (χ2n) is 5.38. The molecule has 0 aromatic heterocycles. The van der Waals surface area contributed by atoms with E-state index < -0.39 is 11.8 Å². The zero-order valence-electron chi connectivity index (χ0n) is 13.0. The van der Waals surface area contributed by atoms with Crippen LogP contribution in [-0.2, 0) is 9.59 Å². The molecule has 0 aliphatic rings. The van der Waals surface area contributed by atoms with Crippen molar-refractivity contribution in [2.24, 2.45) is 0 Å². The van der Waals surface area contributed by atoms with Crippen molar-refractivity contribution < 1.29 is 9.59 Å². The summed E-state index contributed by atoms with van der Waals surface area (Å²) in [5.74, 6) is -1.30. The van der Waals surface area contributed by atoms with Crippen molar-refractivity contribution in [3.05, 3.63) is 65.2 Å². The molecule has 0 saturated carbocycles. The summed E-state index contributed by atoms with van der Waals surface area (Å²) in [4.78, 5) is 24.0. The second kappa shape index (κ2) is 6.89. The number of hydrogen-bond donors (Lipinski definition) is 2. The molecule has 0 aliphatic carbocycles. The van der Waals surface area contributed by atoms with E-state index in [-0.39, 0.29) is 6.04 Å². The summed E-state index contributed by atoms with van der Waals surface area (Å²) >= 11 is 0. The summed E-state index contributed by atoms with van der Waals surface area (Å²) in [7, 11) is 0. The first-order valence-corrected chi connectivity index (χ1v) is 7.21. The number of carbonyl (C=O) groups excluding carboxylic acids is 2. The fraction of sp³-hybridized carbons (Fsp3) is 0.222. The Hall–Kier alpha value is -2.62. The van der Waals surface area contributed by atoms with Crippen LogP contribution in [-0.4, -0.2) is 11.8 Å². The van der Waals surface area contributed by atoms with Crippen LogP contribution in [0.15, 0.2) is 48.5 Å². The molecule has 2 amide bonds. The molecule has 0 fully saturated rings. The molecule has 1 atom stereocenters.